The lowest BCUT2D eigenvalue weighted by molar-refractivity contribution is -0.137. The topological polar surface area (TPSA) is 121 Å². The fourth-order valence-electron chi connectivity index (χ4n) is 4.39. The number of para-hydroxylation sites is 1. The Morgan fingerprint density at radius 1 is 0.878 bits per heavy atom. The number of rotatable bonds is 8. The third-order valence-electron chi connectivity index (χ3n) is 6.40. The summed E-state index contributed by atoms with van der Waals surface area (Å²) in [5, 5.41) is 5.22. The third-order valence-corrected chi connectivity index (χ3v) is 6.40. The third kappa shape index (κ3) is 6.08. The molecule has 1 aliphatic heterocycles. The fourth-order valence-corrected chi connectivity index (χ4v) is 4.39. The highest BCUT2D eigenvalue weighted by atomic mass is 19.4. The molecule has 0 atom stereocenters. The molecule has 0 fully saturated rings. The lowest BCUT2D eigenvalue weighted by Gasteiger charge is -2.15. The van der Waals surface area contributed by atoms with Crippen molar-refractivity contribution in [1.29, 1.82) is 0 Å². The quantitative estimate of drug-likeness (QED) is 0.337. The smallest absolute Gasteiger partial charge is 0.416 e. The minimum absolute atomic E-state index is 0.102. The van der Waals surface area contributed by atoms with E-state index in [9.17, 15) is 32.3 Å². The molecule has 0 saturated heterocycles. The largest absolute Gasteiger partial charge is 0.454 e. The number of fused-ring (bicyclic) bond motifs is 2. The zero-order chi connectivity index (χ0) is 29.1. The Kier molecular flexibility index (Phi) is 7.51. The van der Waals surface area contributed by atoms with Crippen LogP contribution in [0.5, 0.6) is 11.5 Å². The number of hydrogen-bond acceptors (Lipinski definition) is 6. The molecule has 0 bridgehead atoms. The van der Waals surface area contributed by atoms with E-state index in [1.54, 1.807) is 30.3 Å². The Morgan fingerprint density at radius 3 is 2.46 bits per heavy atom. The van der Waals surface area contributed by atoms with Crippen molar-refractivity contribution in [3.63, 3.8) is 0 Å². The van der Waals surface area contributed by atoms with Crippen LogP contribution < -0.4 is 31.4 Å². The van der Waals surface area contributed by atoms with E-state index in [2.05, 4.69) is 10.6 Å². The molecule has 0 aliphatic carbocycles. The molecule has 1 aromatic heterocycles. The van der Waals surface area contributed by atoms with Gasteiger partial charge in [0.1, 0.15) is 6.54 Å². The number of nitrogens with zero attached hydrogens (tertiary/aromatic N) is 2. The minimum atomic E-state index is -4.60. The first-order valence-corrected chi connectivity index (χ1v) is 12.4. The first-order chi connectivity index (χ1) is 19.6. The molecule has 1 aliphatic rings. The summed E-state index contributed by atoms with van der Waals surface area (Å²) < 4.78 is 51.6. The number of anilines is 1. The van der Waals surface area contributed by atoms with Crippen molar-refractivity contribution >= 4 is 28.4 Å². The van der Waals surface area contributed by atoms with Crippen LogP contribution in [-0.2, 0) is 35.4 Å². The highest BCUT2D eigenvalue weighted by Gasteiger charge is 2.30. The standard InChI is InChI=1S/C28H23F3N4O6/c29-28(30,31)18-4-3-5-19(13-18)33-25(37)15-35-21-7-2-1-6-20(21)26(38)34(27(35)39)11-10-24(36)32-14-17-8-9-22-23(12-17)41-16-40-22/h1-9,12-13H,10-11,14-16H2,(H,32,36)(H,33,37). The monoisotopic (exact) mass is 568 g/mol. The maximum Gasteiger partial charge on any atom is 0.416 e. The Labute approximate surface area is 229 Å². The summed E-state index contributed by atoms with van der Waals surface area (Å²) in [6, 6.07) is 15.5. The van der Waals surface area contributed by atoms with Gasteiger partial charge in [-0.2, -0.15) is 13.2 Å². The Hall–Kier alpha value is -5.07. The minimum Gasteiger partial charge on any atom is -0.454 e. The molecule has 0 unspecified atom stereocenters. The highest BCUT2D eigenvalue weighted by Crippen LogP contribution is 2.32. The molecule has 4 aromatic rings. The SMILES string of the molecule is O=C(CCn1c(=O)c2ccccc2n(CC(=O)Nc2cccc(C(F)(F)F)c2)c1=O)NCc1ccc2c(c1)OCO2. The zero-order valence-electron chi connectivity index (χ0n) is 21.4. The van der Waals surface area contributed by atoms with Crippen molar-refractivity contribution in [2.24, 2.45) is 0 Å². The van der Waals surface area contributed by atoms with Crippen LogP contribution in [0.25, 0.3) is 10.9 Å². The maximum absolute atomic E-state index is 13.3. The van der Waals surface area contributed by atoms with Gasteiger partial charge in [0.05, 0.1) is 16.5 Å². The molecular weight excluding hydrogens is 545 g/mol. The Bertz CT molecular complexity index is 1760. The number of nitrogens with one attached hydrogen (secondary N) is 2. The number of ether oxygens (including phenoxy) is 2. The van der Waals surface area contributed by atoms with Gasteiger partial charge in [-0.25, -0.2) is 4.79 Å². The number of hydrogen-bond donors (Lipinski definition) is 2. The predicted molar refractivity (Wildman–Crippen MR) is 142 cm³/mol. The molecule has 2 amide bonds. The van der Waals surface area contributed by atoms with Gasteiger partial charge in [-0.1, -0.05) is 24.3 Å². The highest BCUT2D eigenvalue weighted by molar-refractivity contribution is 5.91. The normalized spacial score (nSPS) is 12.4. The molecule has 0 radical (unpaired) electrons. The number of amides is 2. The van der Waals surface area contributed by atoms with E-state index < -0.39 is 41.3 Å². The van der Waals surface area contributed by atoms with Crippen molar-refractivity contribution < 1.29 is 32.2 Å². The number of benzene rings is 3. The van der Waals surface area contributed by atoms with E-state index in [-0.39, 0.29) is 42.9 Å². The van der Waals surface area contributed by atoms with Crippen LogP contribution in [0.3, 0.4) is 0 Å². The van der Waals surface area contributed by atoms with E-state index in [1.807, 2.05) is 0 Å². The molecule has 212 valence electrons. The second kappa shape index (κ2) is 11.2. The van der Waals surface area contributed by atoms with Crippen LogP contribution in [-0.4, -0.2) is 27.7 Å². The summed E-state index contributed by atoms with van der Waals surface area (Å²) in [7, 11) is 0. The van der Waals surface area contributed by atoms with Crippen LogP contribution in [0, 0.1) is 0 Å². The van der Waals surface area contributed by atoms with Crippen molar-refractivity contribution in [3.8, 4) is 11.5 Å². The molecule has 10 nitrogen and oxygen atoms in total. The van der Waals surface area contributed by atoms with E-state index in [0.717, 1.165) is 32.9 Å². The van der Waals surface area contributed by atoms with Gasteiger partial charge in [0.25, 0.3) is 5.56 Å². The summed E-state index contributed by atoms with van der Waals surface area (Å²) in [6.07, 6.45) is -4.80. The molecule has 2 N–H and O–H groups in total. The van der Waals surface area contributed by atoms with Crippen molar-refractivity contribution in [3.05, 3.63) is 98.7 Å². The average molecular weight is 569 g/mol. The first kappa shape index (κ1) is 27.5. The van der Waals surface area contributed by atoms with Crippen molar-refractivity contribution in [2.45, 2.75) is 32.2 Å². The van der Waals surface area contributed by atoms with E-state index in [4.69, 9.17) is 9.47 Å². The Morgan fingerprint density at radius 2 is 1.66 bits per heavy atom. The van der Waals surface area contributed by atoms with E-state index in [0.29, 0.717) is 11.5 Å². The summed E-state index contributed by atoms with van der Waals surface area (Å²) >= 11 is 0. The average Bonchev–Trinajstić information content (AvgIpc) is 3.42. The van der Waals surface area contributed by atoms with Crippen LogP contribution in [0.15, 0.2) is 76.3 Å². The van der Waals surface area contributed by atoms with Crippen LogP contribution in [0.1, 0.15) is 17.5 Å². The zero-order valence-corrected chi connectivity index (χ0v) is 21.4. The second-order valence-electron chi connectivity index (χ2n) is 9.18. The molecule has 0 saturated carbocycles. The van der Waals surface area contributed by atoms with Gasteiger partial charge in [0, 0.05) is 25.2 Å². The number of carbonyl (C=O) groups is 2. The van der Waals surface area contributed by atoms with Crippen LogP contribution in [0.2, 0.25) is 0 Å². The van der Waals surface area contributed by atoms with Crippen molar-refractivity contribution in [1.82, 2.24) is 14.5 Å². The molecule has 0 spiro atoms. The summed E-state index contributed by atoms with van der Waals surface area (Å²) in [5.74, 6) is -0.0214. The van der Waals surface area contributed by atoms with Gasteiger partial charge in [0.2, 0.25) is 18.6 Å². The predicted octanol–water partition coefficient (Wildman–Crippen LogP) is 3.26. The first-order valence-electron chi connectivity index (χ1n) is 12.4. The summed E-state index contributed by atoms with van der Waals surface area (Å²) in [5.41, 5.74) is -1.58. The Balaban J connectivity index is 1.32. The molecule has 3 aromatic carbocycles. The number of carbonyl (C=O) groups excluding carboxylic acids is 2. The molecule has 5 rings (SSSR count). The number of aromatic nitrogens is 2. The second-order valence-corrected chi connectivity index (χ2v) is 9.18. The maximum atomic E-state index is 13.3. The molecule has 13 heteroatoms. The van der Waals surface area contributed by atoms with Gasteiger partial charge in [0.15, 0.2) is 11.5 Å². The van der Waals surface area contributed by atoms with Gasteiger partial charge >= 0.3 is 11.9 Å². The fraction of sp³-hybridized carbons (Fsp3) is 0.214. The van der Waals surface area contributed by atoms with Crippen LogP contribution in [0.4, 0.5) is 18.9 Å². The van der Waals surface area contributed by atoms with E-state index in [1.165, 1.54) is 18.2 Å². The number of alkyl halides is 3. The van der Waals surface area contributed by atoms with Gasteiger partial charge in [-0.15, -0.1) is 0 Å². The molecule has 41 heavy (non-hydrogen) atoms. The van der Waals surface area contributed by atoms with Gasteiger partial charge in [-0.05, 0) is 48.0 Å². The lowest BCUT2D eigenvalue weighted by Crippen LogP contribution is -2.42. The molecule has 2 heterocycles. The van der Waals surface area contributed by atoms with Gasteiger partial charge in [-0.3, -0.25) is 23.5 Å². The molecular formula is C28H23F3N4O6. The summed E-state index contributed by atoms with van der Waals surface area (Å²) in [6.45, 7) is -0.533. The van der Waals surface area contributed by atoms with Crippen LogP contribution >= 0.6 is 0 Å². The lowest BCUT2D eigenvalue weighted by atomic mass is 10.2. The number of halogens is 3. The van der Waals surface area contributed by atoms with E-state index >= 15 is 0 Å². The summed E-state index contributed by atoms with van der Waals surface area (Å²) in [4.78, 5) is 51.7. The van der Waals surface area contributed by atoms with Crippen molar-refractivity contribution in [2.75, 3.05) is 12.1 Å². The van der Waals surface area contributed by atoms with Gasteiger partial charge < -0.3 is 20.1 Å².